The molecule has 0 fully saturated rings. The number of nitrogens with two attached hydrogens (primary N) is 1. The van der Waals surface area contributed by atoms with Crippen LogP contribution in [-0.4, -0.2) is 22.3 Å². The van der Waals surface area contributed by atoms with Crippen LogP contribution in [0.25, 0.3) is 10.9 Å². The highest BCUT2D eigenvalue weighted by atomic mass is 16.1. The van der Waals surface area contributed by atoms with Crippen molar-refractivity contribution in [3.8, 4) is 0 Å². The predicted molar refractivity (Wildman–Crippen MR) is 63.4 cm³/mol. The SMILES string of the molecule is Cc1[nH]c2cnccc2c1C(=O)CCCN. The van der Waals surface area contributed by atoms with Crippen LogP contribution < -0.4 is 5.73 Å². The van der Waals surface area contributed by atoms with Crippen molar-refractivity contribution in [2.24, 2.45) is 5.73 Å². The standard InChI is InChI=1S/C12H15N3O/c1-8-12(11(16)3-2-5-13)9-4-6-14-7-10(9)15-8/h4,6-7,15H,2-3,5,13H2,1H3. The van der Waals surface area contributed by atoms with E-state index in [1.54, 1.807) is 12.4 Å². The average Bonchev–Trinajstić information content (AvgIpc) is 2.62. The van der Waals surface area contributed by atoms with Crippen LogP contribution in [0.2, 0.25) is 0 Å². The summed E-state index contributed by atoms with van der Waals surface area (Å²) in [6.07, 6.45) is 4.68. The number of pyridine rings is 1. The van der Waals surface area contributed by atoms with Crippen molar-refractivity contribution in [3.05, 3.63) is 29.7 Å². The maximum Gasteiger partial charge on any atom is 0.165 e. The van der Waals surface area contributed by atoms with Gasteiger partial charge in [-0.1, -0.05) is 0 Å². The largest absolute Gasteiger partial charge is 0.357 e. The summed E-state index contributed by atoms with van der Waals surface area (Å²) in [5.41, 5.74) is 8.01. The molecule has 2 rings (SSSR count). The first kappa shape index (κ1) is 10.8. The zero-order valence-corrected chi connectivity index (χ0v) is 9.29. The van der Waals surface area contributed by atoms with E-state index < -0.39 is 0 Å². The van der Waals surface area contributed by atoms with E-state index in [4.69, 9.17) is 5.73 Å². The lowest BCUT2D eigenvalue weighted by atomic mass is 10.0. The molecular weight excluding hydrogens is 202 g/mol. The molecule has 0 atom stereocenters. The Kier molecular flexibility index (Phi) is 3.01. The number of hydrogen-bond donors (Lipinski definition) is 2. The molecule has 0 aliphatic heterocycles. The van der Waals surface area contributed by atoms with Gasteiger partial charge in [-0.15, -0.1) is 0 Å². The lowest BCUT2D eigenvalue weighted by Gasteiger charge is -1.99. The number of aromatic amines is 1. The van der Waals surface area contributed by atoms with Gasteiger partial charge in [0, 0.05) is 29.3 Å². The molecule has 0 saturated carbocycles. The second kappa shape index (κ2) is 4.45. The van der Waals surface area contributed by atoms with Gasteiger partial charge < -0.3 is 10.7 Å². The van der Waals surface area contributed by atoms with E-state index in [-0.39, 0.29) is 5.78 Å². The fourth-order valence-corrected chi connectivity index (χ4v) is 1.93. The normalized spacial score (nSPS) is 10.9. The fraction of sp³-hybridized carbons (Fsp3) is 0.333. The van der Waals surface area contributed by atoms with Gasteiger partial charge in [0.2, 0.25) is 0 Å². The number of rotatable bonds is 4. The number of Topliss-reactive ketones (excluding diaryl/α,β-unsaturated/α-hetero) is 1. The van der Waals surface area contributed by atoms with Crippen LogP contribution in [0.3, 0.4) is 0 Å². The molecule has 2 aromatic rings. The third-order valence-corrected chi connectivity index (χ3v) is 2.67. The summed E-state index contributed by atoms with van der Waals surface area (Å²) < 4.78 is 0. The van der Waals surface area contributed by atoms with E-state index in [1.807, 2.05) is 13.0 Å². The number of carbonyl (C=O) groups is 1. The van der Waals surface area contributed by atoms with Gasteiger partial charge in [0.1, 0.15) is 0 Å². The van der Waals surface area contributed by atoms with Crippen LogP contribution in [-0.2, 0) is 0 Å². The van der Waals surface area contributed by atoms with Gasteiger partial charge >= 0.3 is 0 Å². The second-order valence-electron chi connectivity index (χ2n) is 3.86. The minimum atomic E-state index is 0.153. The molecule has 4 heteroatoms. The number of fused-ring (bicyclic) bond motifs is 1. The average molecular weight is 217 g/mol. The van der Waals surface area contributed by atoms with Crippen molar-refractivity contribution in [2.45, 2.75) is 19.8 Å². The molecule has 0 unspecified atom stereocenters. The molecule has 0 amide bonds. The van der Waals surface area contributed by atoms with Gasteiger partial charge in [-0.3, -0.25) is 9.78 Å². The molecule has 0 spiro atoms. The first-order valence-corrected chi connectivity index (χ1v) is 5.39. The van der Waals surface area contributed by atoms with Gasteiger partial charge in [0.05, 0.1) is 11.7 Å². The van der Waals surface area contributed by atoms with Crippen molar-refractivity contribution in [1.29, 1.82) is 0 Å². The maximum absolute atomic E-state index is 12.0. The van der Waals surface area contributed by atoms with E-state index in [2.05, 4.69) is 9.97 Å². The minimum absolute atomic E-state index is 0.153. The molecule has 2 heterocycles. The number of aryl methyl sites for hydroxylation is 1. The maximum atomic E-state index is 12.0. The Labute approximate surface area is 93.9 Å². The van der Waals surface area contributed by atoms with Gasteiger partial charge in [0.15, 0.2) is 5.78 Å². The Morgan fingerprint density at radius 3 is 3.12 bits per heavy atom. The molecular formula is C12H15N3O. The molecule has 16 heavy (non-hydrogen) atoms. The van der Waals surface area contributed by atoms with Crippen molar-refractivity contribution >= 4 is 16.7 Å². The van der Waals surface area contributed by atoms with Crippen molar-refractivity contribution in [3.63, 3.8) is 0 Å². The number of hydrogen-bond acceptors (Lipinski definition) is 3. The summed E-state index contributed by atoms with van der Waals surface area (Å²) in [7, 11) is 0. The van der Waals surface area contributed by atoms with Gasteiger partial charge in [0.25, 0.3) is 0 Å². The zero-order valence-electron chi connectivity index (χ0n) is 9.29. The van der Waals surface area contributed by atoms with Gasteiger partial charge in [-0.2, -0.15) is 0 Å². The fourth-order valence-electron chi connectivity index (χ4n) is 1.93. The van der Waals surface area contributed by atoms with Crippen LogP contribution in [0.15, 0.2) is 18.5 Å². The topological polar surface area (TPSA) is 71.8 Å². The van der Waals surface area contributed by atoms with Crippen molar-refractivity contribution < 1.29 is 4.79 Å². The lowest BCUT2D eigenvalue weighted by molar-refractivity contribution is 0.0982. The molecule has 0 aliphatic carbocycles. The molecule has 2 aromatic heterocycles. The molecule has 0 bridgehead atoms. The van der Waals surface area contributed by atoms with E-state index >= 15 is 0 Å². The first-order valence-electron chi connectivity index (χ1n) is 5.39. The number of ketones is 1. The summed E-state index contributed by atoms with van der Waals surface area (Å²) in [5.74, 6) is 0.153. The predicted octanol–water partition coefficient (Wildman–Crippen LogP) is 1.79. The van der Waals surface area contributed by atoms with Crippen LogP contribution >= 0.6 is 0 Å². The minimum Gasteiger partial charge on any atom is -0.357 e. The summed E-state index contributed by atoms with van der Waals surface area (Å²) in [6.45, 7) is 2.46. The van der Waals surface area contributed by atoms with Crippen LogP contribution in [0.1, 0.15) is 28.9 Å². The van der Waals surface area contributed by atoms with Crippen molar-refractivity contribution in [1.82, 2.24) is 9.97 Å². The molecule has 0 radical (unpaired) electrons. The number of carbonyl (C=O) groups excluding carboxylic acids is 1. The summed E-state index contributed by atoms with van der Waals surface area (Å²) in [5, 5.41) is 0.953. The van der Waals surface area contributed by atoms with Crippen LogP contribution in [0, 0.1) is 6.92 Å². The van der Waals surface area contributed by atoms with E-state index in [1.165, 1.54) is 0 Å². The first-order chi connectivity index (χ1) is 7.74. The Morgan fingerprint density at radius 2 is 2.38 bits per heavy atom. The van der Waals surface area contributed by atoms with E-state index in [0.29, 0.717) is 13.0 Å². The smallest absolute Gasteiger partial charge is 0.165 e. The summed E-state index contributed by atoms with van der Waals surface area (Å²) in [4.78, 5) is 19.2. The van der Waals surface area contributed by atoms with Crippen molar-refractivity contribution in [2.75, 3.05) is 6.54 Å². The Bertz CT molecular complexity index is 516. The zero-order chi connectivity index (χ0) is 11.5. The summed E-state index contributed by atoms with van der Waals surface area (Å²) in [6, 6.07) is 1.87. The molecule has 3 N–H and O–H groups in total. The highest BCUT2D eigenvalue weighted by Crippen LogP contribution is 2.22. The third kappa shape index (κ3) is 1.84. The van der Waals surface area contributed by atoms with E-state index in [0.717, 1.165) is 28.6 Å². The quantitative estimate of drug-likeness (QED) is 0.767. The molecule has 0 aliphatic rings. The monoisotopic (exact) mass is 217 g/mol. The Hall–Kier alpha value is -1.68. The number of aromatic nitrogens is 2. The molecule has 84 valence electrons. The third-order valence-electron chi connectivity index (χ3n) is 2.67. The highest BCUT2D eigenvalue weighted by molar-refractivity contribution is 6.08. The number of nitrogens with zero attached hydrogens (tertiary/aromatic N) is 1. The van der Waals surface area contributed by atoms with Gasteiger partial charge in [-0.25, -0.2) is 0 Å². The summed E-state index contributed by atoms with van der Waals surface area (Å²) >= 11 is 0. The second-order valence-corrected chi connectivity index (χ2v) is 3.86. The lowest BCUT2D eigenvalue weighted by Crippen LogP contribution is -2.05. The Morgan fingerprint density at radius 1 is 1.56 bits per heavy atom. The molecule has 0 aromatic carbocycles. The highest BCUT2D eigenvalue weighted by Gasteiger charge is 2.14. The Balaban J connectivity index is 2.43. The molecule has 4 nitrogen and oxygen atoms in total. The van der Waals surface area contributed by atoms with Gasteiger partial charge in [-0.05, 0) is 26.0 Å². The number of nitrogens with one attached hydrogen (secondary N) is 1. The van der Waals surface area contributed by atoms with Crippen LogP contribution in [0.4, 0.5) is 0 Å². The molecule has 0 saturated heterocycles. The van der Waals surface area contributed by atoms with E-state index in [9.17, 15) is 4.79 Å². The van der Waals surface area contributed by atoms with Crippen LogP contribution in [0.5, 0.6) is 0 Å². The number of H-pyrrole nitrogens is 1.